The Labute approximate surface area is 267 Å². The van der Waals surface area contributed by atoms with Gasteiger partial charge in [0.05, 0.1) is 56.5 Å². The van der Waals surface area contributed by atoms with Gasteiger partial charge in [-0.1, -0.05) is 6.07 Å². The smallest absolute Gasteiger partial charge is 0.212 e. The summed E-state index contributed by atoms with van der Waals surface area (Å²) >= 11 is 0. The van der Waals surface area contributed by atoms with Crippen LogP contribution < -0.4 is 14.4 Å². The molecule has 8 heterocycles. The second-order valence-electron chi connectivity index (χ2n) is 12.7. The summed E-state index contributed by atoms with van der Waals surface area (Å²) in [6.07, 6.45) is 8.19. The van der Waals surface area contributed by atoms with E-state index in [4.69, 9.17) is 23.9 Å². The van der Waals surface area contributed by atoms with E-state index in [-0.39, 0.29) is 18.1 Å². The normalized spacial score (nSPS) is 27.2. The molecule has 12 heteroatoms. The number of likely N-dealkylation sites (tertiary alicyclic amines) is 1. The third-order valence-corrected chi connectivity index (χ3v) is 9.98. The number of pyridine rings is 3. The number of aliphatic hydroxyl groups excluding tert-OH is 1. The van der Waals surface area contributed by atoms with Crippen LogP contribution in [0.2, 0.25) is 0 Å². The zero-order valence-corrected chi connectivity index (χ0v) is 25.7. The first-order valence-electron chi connectivity index (χ1n) is 16.0. The molecule has 4 aliphatic heterocycles. The molecule has 0 bridgehead atoms. The van der Waals surface area contributed by atoms with Gasteiger partial charge in [0.1, 0.15) is 29.8 Å². The molecule has 1 N–H and O–H groups in total. The maximum Gasteiger partial charge on any atom is 0.212 e. The van der Waals surface area contributed by atoms with E-state index in [0.29, 0.717) is 49.0 Å². The van der Waals surface area contributed by atoms with E-state index in [0.717, 1.165) is 61.5 Å². The molecular weight excluding hydrogens is 586 g/mol. The molecule has 6 atom stereocenters. The molecule has 46 heavy (non-hydrogen) atoms. The van der Waals surface area contributed by atoms with Crippen LogP contribution in [0.3, 0.4) is 0 Å². The van der Waals surface area contributed by atoms with Gasteiger partial charge >= 0.3 is 0 Å². The van der Waals surface area contributed by atoms with Gasteiger partial charge in [-0.15, -0.1) is 0 Å². The first kappa shape index (κ1) is 29.1. The largest absolute Gasteiger partial charge is 0.492 e. The molecule has 4 fully saturated rings. The quantitative estimate of drug-likeness (QED) is 0.295. The van der Waals surface area contributed by atoms with Crippen LogP contribution in [0.1, 0.15) is 24.0 Å². The fourth-order valence-corrected chi connectivity index (χ4v) is 7.67. The van der Waals surface area contributed by atoms with E-state index >= 15 is 0 Å². The number of hydrogen-bond donors (Lipinski definition) is 1. The fourth-order valence-electron chi connectivity index (χ4n) is 7.67. The molecule has 0 radical (unpaired) electrons. The van der Waals surface area contributed by atoms with Crippen molar-refractivity contribution in [3.05, 3.63) is 66.2 Å². The molecule has 0 amide bonds. The minimum absolute atomic E-state index is 0.0884. The van der Waals surface area contributed by atoms with Gasteiger partial charge in [0.15, 0.2) is 0 Å². The molecule has 0 spiro atoms. The molecule has 8 rings (SSSR count). The molecule has 4 aromatic rings. The number of fused-ring (bicyclic) bond motifs is 3. The van der Waals surface area contributed by atoms with Gasteiger partial charge < -0.3 is 29.0 Å². The number of aromatic nitrogens is 4. The SMILES string of the molecule is COc1ccc(CN2CC3CCN(c4ccc(-c5cc(OCCC6COC7C(O)COC67)cn6ncc(C#N)c56)cn4)C3C2)cn1. The highest BCUT2D eigenvalue weighted by Crippen LogP contribution is 2.37. The van der Waals surface area contributed by atoms with Gasteiger partial charge in [0.25, 0.3) is 0 Å². The highest BCUT2D eigenvalue weighted by atomic mass is 16.6. The van der Waals surface area contributed by atoms with E-state index in [9.17, 15) is 10.4 Å². The van der Waals surface area contributed by atoms with Crippen molar-refractivity contribution in [2.24, 2.45) is 11.8 Å². The van der Waals surface area contributed by atoms with Gasteiger partial charge in [-0.2, -0.15) is 10.4 Å². The van der Waals surface area contributed by atoms with Crippen LogP contribution in [0.25, 0.3) is 16.6 Å². The Hall–Kier alpha value is -4.28. The Balaban J connectivity index is 0.968. The van der Waals surface area contributed by atoms with Gasteiger partial charge in [0.2, 0.25) is 5.88 Å². The zero-order chi connectivity index (χ0) is 31.2. The minimum atomic E-state index is -0.558. The average molecular weight is 624 g/mol. The Morgan fingerprint density at radius 1 is 1.07 bits per heavy atom. The molecule has 0 aliphatic carbocycles. The minimum Gasteiger partial charge on any atom is -0.492 e. The van der Waals surface area contributed by atoms with Crippen molar-refractivity contribution in [2.45, 2.75) is 43.7 Å². The maximum absolute atomic E-state index is 10.0. The summed E-state index contributed by atoms with van der Waals surface area (Å²) in [4.78, 5) is 14.3. The van der Waals surface area contributed by atoms with Crippen molar-refractivity contribution in [1.82, 2.24) is 24.5 Å². The third-order valence-electron chi connectivity index (χ3n) is 9.98. The Morgan fingerprint density at radius 2 is 1.98 bits per heavy atom. The number of hydrogen-bond acceptors (Lipinski definition) is 11. The molecular formula is C34H37N7O5. The predicted molar refractivity (Wildman–Crippen MR) is 168 cm³/mol. The average Bonchev–Trinajstić information content (AvgIpc) is 3.91. The number of methoxy groups -OCH3 is 1. The van der Waals surface area contributed by atoms with Crippen LogP contribution in [-0.4, -0.2) is 101 Å². The lowest BCUT2D eigenvalue weighted by molar-refractivity contribution is 0.0163. The molecule has 6 unspecified atom stereocenters. The van der Waals surface area contributed by atoms with E-state index in [1.807, 2.05) is 30.7 Å². The zero-order valence-electron chi connectivity index (χ0n) is 25.7. The number of aliphatic hydroxyl groups is 1. The van der Waals surface area contributed by atoms with Crippen molar-refractivity contribution < 1.29 is 24.1 Å². The number of ether oxygens (including phenoxy) is 4. The topological polar surface area (TPSA) is 130 Å². The predicted octanol–water partition coefficient (Wildman–Crippen LogP) is 2.93. The highest BCUT2D eigenvalue weighted by molar-refractivity contribution is 5.85. The van der Waals surface area contributed by atoms with E-state index in [2.05, 4.69) is 44.2 Å². The van der Waals surface area contributed by atoms with Crippen molar-refractivity contribution in [3.63, 3.8) is 0 Å². The number of nitriles is 1. The number of anilines is 1. The Kier molecular flexibility index (Phi) is 7.70. The van der Waals surface area contributed by atoms with E-state index in [1.54, 1.807) is 17.8 Å². The summed E-state index contributed by atoms with van der Waals surface area (Å²) in [5.41, 5.74) is 4.15. The molecule has 4 saturated heterocycles. The molecule has 0 aromatic carbocycles. The van der Waals surface area contributed by atoms with Gasteiger partial charge in [-0.25, -0.2) is 14.5 Å². The second-order valence-corrected chi connectivity index (χ2v) is 12.7. The summed E-state index contributed by atoms with van der Waals surface area (Å²) in [6.45, 7) is 5.26. The second kappa shape index (κ2) is 12.1. The van der Waals surface area contributed by atoms with Crippen LogP contribution in [0, 0.1) is 23.2 Å². The summed E-state index contributed by atoms with van der Waals surface area (Å²) in [7, 11) is 1.63. The van der Waals surface area contributed by atoms with Gasteiger partial charge in [-0.05, 0) is 42.5 Å². The van der Waals surface area contributed by atoms with Crippen molar-refractivity contribution >= 4 is 11.3 Å². The van der Waals surface area contributed by atoms with Crippen LogP contribution in [0.4, 0.5) is 5.82 Å². The third kappa shape index (κ3) is 5.33. The van der Waals surface area contributed by atoms with Crippen LogP contribution >= 0.6 is 0 Å². The van der Waals surface area contributed by atoms with E-state index < -0.39 is 6.10 Å². The molecule has 4 aliphatic rings. The summed E-state index contributed by atoms with van der Waals surface area (Å²) < 4.78 is 24.7. The van der Waals surface area contributed by atoms with Crippen molar-refractivity contribution in [2.75, 3.05) is 51.5 Å². The molecule has 4 aromatic heterocycles. The number of rotatable bonds is 9. The molecule has 12 nitrogen and oxygen atoms in total. The van der Waals surface area contributed by atoms with Crippen LogP contribution in [0.15, 0.2) is 55.1 Å². The standard InChI is InChI=1S/C34H37N7O5/c1-43-31-5-2-21(12-37-31)15-39-16-23-6-8-40(28(23)18-39)30-4-3-22(13-36-30)27-10-26(17-41-32(27)25(11-35)14-38-41)44-9-7-24-19-45-34-29(42)20-46-33(24)34/h2-5,10,12-14,17,23-24,28-29,33-34,42H,6-9,15-16,18-20H2,1H3. The van der Waals surface area contributed by atoms with Crippen LogP contribution in [-0.2, 0) is 16.0 Å². The number of nitrogens with zero attached hydrogens (tertiary/aromatic N) is 7. The van der Waals surface area contributed by atoms with Gasteiger partial charge in [-0.3, -0.25) is 4.90 Å². The summed E-state index contributed by atoms with van der Waals surface area (Å²) in [5.74, 6) is 3.04. The highest BCUT2D eigenvalue weighted by Gasteiger charge is 2.46. The first-order chi connectivity index (χ1) is 22.6. The Bertz CT molecular complexity index is 1740. The monoisotopic (exact) mass is 623 g/mol. The van der Waals surface area contributed by atoms with Crippen molar-refractivity contribution in [3.8, 4) is 28.8 Å². The fraction of sp³-hybridized carbons (Fsp3) is 0.471. The summed E-state index contributed by atoms with van der Waals surface area (Å²) in [6, 6.07) is 12.8. The lowest BCUT2D eigenvalue weighted by atomic mass is 9.98. The Morgan fingerprint density at radius 3 is 2.78 bits per heavy atom. The van der Waals surface area contributed by atoms with Crippen LogP contribution in [0.5, 0.6) is 11.6 Å². The van der Waals surface area contributed by atoms with Crippen molar-refractivity contribution in [1.29, 1.82) is 5.26 Å². The molecule has 238 valence electrons. The van der Waals surface area contributed by atoms with E-state index in [1.165, 1.54) is 5.56 Å². The lowest BCUT2D eigenvalue weighted by Crippen LogP contribution is -2.35. The van der Waals surface area contributed by atoms with Gasteiger partial charge in [0, 0.05) is 67.7 Å². The first-order valence-corrected chi connectivity index (χ1v) is 16.0. The molecule has 0 saturated carbocycles. The summed E-state index contributed by atoms with van der Waals surface area (Å²) in [5, 5.41) is 24.3. The lowest BCUT2D eigenvalue weighted by Gasteiger charge is -2.26. The maximum atomic E-state index is 10.0.